The van der Waals surface area contributed by atoms with Crippen LogP contribution in [-0.2, 0) is 11.3 Å². The molecule has 0 saturated carbocycles. The third-order valence-electron chi connectivity index (χ3n) is 5.57. The molecular formula is C20H21N5O3. The third kappa shape index (κ3) is 2.80. The van der Waals surface area contributed by atoms with Crippen LogP contribution in [0.5, 0.6) is 0 Å². The lowest BCUT2D eigenvalue weighted by atomic mass is 9.78. The van der Waals surface area contributed by atoms with Crippen LogP contribution >= 0.6 is 0 Å². The Kier molecular flexibility index (Phi) is 3.83. The van der Waals surface area contributed by atoms with E-state index in [1.54, 1.807) is 18.5 Å². The molecule has 144 valence electrons. The molecule has 8 nitrogen and oxygen atoms in total. The molecule has 0 N–H and O–H groups in total. The molecule has 3 aromatic heterocycles. The molecule has 5 heterocycles. The SMILES string of the molecule is Cc1ccc(-c2noc(C)c2Cn2ncc(N3CC4(COC4)C3)cc2=O)cn1. The second kappa shape index (κ2) is 6.27. The highest BCUT2D eigenvalue weighted by Gasteiger charge is 2.49. The molecule has 0 amide bonds. The average Bonchev–Trinajstić information content (AvgIpc) is 2.96. The van der Waals surface area contributed by atoms with Crippen LogP contribution in [0.2, 0.25) is 0 Å². The van der Waals surface area contributed by atoms with Gasteiger partial charge in [-0.15, -0.1) is 0 Å². The first-order chi connectivity index (χ1) is 13.5. The molecule has 8 heteroatoms. The second-order valence-corrected chi connectivity index (χ2v) is 7.81. The number of hydrogen-bond donors (Lipinski definition) is 0. The van der Waals surface area contributed by atoms with Gasteiger partial charge in [-0.3, -0.25) is 9.78 Å². The van der Waals surface area contributed by atoms with Crippen LogP contribution in [0, 0.1) is 19.3 Å². The molecule has 2 aliphatic heterocycles. The van der Waals surface area contributed by atoms with Crippen LogP contribution in [0.15, 0.2) is 39.9 Å². The summed E-state index contributed by atoms with van der Waals surface area (Å²) in [6, 6.07) is 5.52. The number of aryl methyl sites for hydroxylation is 2. The van der Waals surface area contributed by atoms with Crippen LogP contribution < -0.4 is 10.5 Å². The highest BCUT2D eigenvalue weighted by Crippen LogP contribution is 2.39. The lowest BCUT2D eigenvalue weighted by Gasteiger charge is -2.55. The summed E-state index contributed by atoms with van der Waals surface area (Å²) in [4.78, 5) is 19.1. The Morgan fingerprint density at radius 2 is 2.00 bits per heavy atom. The zero-order valence-electron chi connectivity index (χ0n) is 15.9. The van der Waals surface area contributed by atoms with E-state index < -0.39 is 0 Å². The van der Waals surface area contributed by atoms with Crippen LogP contribution in [0.4, 0.5) is 5.69 Å². The molecule has 3 aromatic rings. The smallest absolute Gasteiger partial charge is 0.269 e. The monoisotopic (exact) mass is 379 g/mol. The predicted molar refractivity (Wildman–Crippen MR) is 102 cm³/mol. The van der Waals surface area contributed by atoms with Gasteiger partial charge in [0, 0.05) is 42.2 Å². The molecule has 5 rings (SSSR count). The fourth-order valence-corrected chi connectivity index (χ4v) is 3.80. The second-order valence-electron chi connectivity index (χ2n) is 7.81. The van der Waals surface area contributed by atoms with Crippen molar-refractivity contribution in [3.05, 3.63) is 58.0 Å². The lowest BCUT2D eigenvalue weighted by Crippen LogP contribution is -2.66. The number of rotatable bonds is 4. The number of ether oxygens (including phenoxy) is 1. The fourth-order valence-electron chi connectivity index (χ4n) is 3.80. The van der Waals surface area contributed by atoms with Gasteiger partial charge in [0.2, 0.25) is 0 Å². The Morgan fingerprint density at radius 1 is 1.18 bits per heavy atom. The number of pyridine rings is 1. The molecule has 0 unspecified atom stereocenters. The molecule has 28 heavy (non-hydrogen) atoms. The first-order valence-corrected chi connectivity index (χ1v) is 9.31. The maximum Gasteiger partial charge on any atom is 0.269 e. The van der Waals surface area contributed by atoms with Crippen LogP contribution in [0.1, 0.15) is 17.0 Å². The van der Waals surface area contributed by atoms with Crippen molar-refractivity contribution in [3.8, 4) is 11.3 Å². The van der Waals surface area contributed by atoms with Crippen molar-refractivity contribution in [3.63, 3.8) is 0 Å². The normalized spacial score (nSPS) is 17.4. The molecule has 0 aromatic carbocycles. The van der Waals surface area contributed by atoms with Crippen molar-refractivity contribution < 1.29 is 9.26 Å². The molecule has 2 fully saturated rings. The average molecular weight is 379 g/mol. The zero-order valence-corrected chi connectivity index (χ0v) is 15.9. The van der Waals surface area contributed by atoms with Gasteiger partial charge in [0.15, 0.2) is 0 Å². The molecule has 2 saturated heterocycles. The minimum Gasteiger partial charge on any atom is -0.380 e. The van der Waals surface area contributed by atoms with Gasteiger partial charge >= 0.3 is 0 Å². The third-order valence-corrected chi connectivity index (χ3v) is 5.57. The Labute approximate surface area is 161 Å². The molecule has 0 radical (unpaired) electrons. The summed E-state index contributed by atoms with van der Waals surface area (Å²) >= 11 is 0. The summed E-state index contributed by atoms with van der Waals surface area (Å²) in [5, 5.41) is 8.55. The van der Waals surface area contributed by atoms with Gasteiger partial charge in [-0.05, 0) is 26.0 Å². The Hall–Kier alpha value is -3.00. The predicted octanol–water partition coefficient (Wildman–Crippen LogP) is 1.80. The topological polar surface area (TPSA) is 86.3 Å². The largest absolute Gasteiger partial charge is 0.380 e. The number of aromatic nitrogens is 4. The summed E-state index contributed by atoms with van der Waals surface area (Å²) in [5.41, 5.74) is 4.34. The van der Waals surface area contributed by atoms with E-state index >= 15 is 0 Å². The first-order valence-electron chi connectivity index (χ1n) is 9.31. The van der Waals surface area contributed by atoms with Crippen molar-refractivity contribution in [1.82, 2.24) is 19.9 Å². The summed E-state index contributed by atoms with van der Waals surface area (Å²) in [6.07, 6.45) is 3.52. The summed E-state index contributed by atoms with van der Waals surface area (Å²) in [6.45, 7) is 7.56. The van der Waals surface area contributed by atoms with Crippen LogP contribution in [0.25, 0.3) is 11.3 Å². The summed E-state index contributed by atoms with van der Waals surface area (Å²) in [5.74, 6) is 0.669. The highest BCUT2D eigenvalue weighted by atomic mass is 16.5. The quantitative estimate of drug-likeness (QED) is 0.683. The first kappa shape index (κ1) is 17.1. The lowest BCUT2D eigenvalue weighted by molar-refractivity contribution is -0.127. The maximum absolute atomic E-state index is 12.6. The van der Waals surface area contributed by atoms with E-state index in [0.717, 1.165) is 48.8 Å². The Morgan fingerprint density at radius 3 is 2.64 bits per heavy atom. The number of hydrogen-bond acceptors (Lipinski definition) is 7. The van der Waals surface area contributed by atoms with E-state index in [4.69, 9.17) is 9.26 Å². The minimum atomic E-state index is -0.142. The molecule has 0 atom stereocenters. The fraction of sp³-hybridized carbons (Fsp3) is 0.400. The van der Waals surface area contributed by atoms with Gasteiger partial charge in [-0.2, -0.15) is 5.10 Å². The van der Waals surface area contributed by atoms with Gasteiger partial charge < -0.3 is 14.2 Å². The van der Waals surface area contributed by atoms with Crippen LogP contribution in [0.3, 0.4) is 0 Å². The van der Waals surface area contributed by atoms with E-state index in [-0.39, 0.29) is 5.56 Å². The van der Waals surface area contributed by atoms with Gasteiger partial charge in [0.05, 0.1) is 37.1 Å². The van der Waals surface area contributed by atoms with E-state index in [1.165, 1.54) is 4.68 Å². The van der Waals surface area contributed by atoms with E-state index in [2.05, 4.69) is 20.1 Å². The van der Waals surface area contributed by atoms with E-state index in [0.29, 0.717) is 23.4 Å². The standard InChI is InChI=1S/C20H21N5O3/c1-13-3-4-15(6-21-13)19-17(14(2)28-23-19)8-25-18(26)5-16(7-22-25)24-9-20(10-24)11-27-12-20/h3-7H,8-12H2,1-2H3. The molecule has 2 aliphatic rings. The summed E-state index contributed by atoms with van der Waals surface area (Å²) < 4.78 is 12.1. The van der Waals surface area contributed by atoms with E-state index in [1.807, 2.05) is 26.0 Å². The maximum atomic E-state index is 12.6. The van der Waals surface area contributed by atoms with Crippen molar-refractivity contribution >= 4 is 5.69 Å². The van der Waals surface area contributed by atoms with Gasteiger partial charge in [-0.1, -0.05) is 5.16 Å². The van der Waals surface area contributed by atoms with Crippen molar-refractivity contribution in [2.75, 3.05) is 31.2 Å². The molecule has 0 aliphatic carbocycles. The van der Waals surface area contributed by atoms with Gasteiger partial charge in [0.25, 0.3) is 5.56 Å². The molecule has 1 spiro atoms. The van der Waals surface area contributed by atoms with Gasteiger partial charge in [0.1, 0.15) is 11.5 Å². The summed E-state index contributed by atoms with van der Waals surface area (Å²) in [7, 11) is 0. The minimum absolute atomic E-state index is 0.142. The Bertz CT molecular complexity index is 1070. The van der Waals surface area contributed by atoms with Crippen molar-refractivity contribution in [2.24, 2.45) is 5.41 Å². The highest BCUT2D eigenvalue weighted by molar-refractivity contribution is 5.62. The van der Waals surface area contributed by atoms with E-state index in [9.17, 15) is 4.79 Å². The number of nitrogens with zero attached hydrogens (tertiary/aromatic N) is 5. The zero-order chi connectivity index (χ0) is 19.3. The number of anilines is 1. The van der Waals surface area contributed by atoms with Crippen LogP contribution in [-0.4, -0.2) is 46.2 Å². The molecular weight excluding hydrogens is 358 g/mol. The van der Waals surface area contributed by atoms with Crippen molar-refractivity contribution in [1.29, 1.82) is 0 Å². The Balaban J connectivity index is 1.39. The van der Waals surface area contributed by atoms with Crippen molar-refractivity contribution in [2.45, 2.75) is 20.4 Å². The molecule has 0 bridgehead atoms. The van der Waals surface area contributed by atoms with Gasteiger partial charge in [-0.25, -0.2) is 4.68 Å².